The molecule has 1 atom stereocenters. The van der Waals surface area contributed by atoms with Crippen LogP contribution in [0.5, 0.6) is 0 Å². The van der Waals surface area contributed by atoms with Crippen molar-refractivity contribution in [3.05, 3.63) is 88.2 Å². The molecule has 128 valence electrons. The number of nitrogens with one attached hydrogen (secondary N) is 1. The molecule has 0 saturated carbocycles. The zero-order valence-corrected chi connectivity index (χ0v) is 14.0. The number of nitrogens with zero attached hydrogens (tertiary/aromatic N) is 1. The molecule has 5 nitrogen and oxygen atoms in total. The summed E-state index contributed by atoms with van der Waals surface area (Å²) in [6.07, 6.45) is 0.955. The largest absolute Gasteiger partial charge is 0.460 e. The smallest absolute Gasteiger partial charge is 0.269 e. The molecular weight excluding hydrogens is 316 g/mol. The van der Waals surface area contributed by atoms with Crippen LogP contribution in [-0.2, 0) is 13.0 Å². The highest BCUT2D eigenvalue weighted by Gasteiger charge is 2.09. The molecule has 25 heavy (non-hydrogen) atoms. The third kappa shape index (κ3) is 4.55. The van der Waals surface area contributed by atoms with Crippen molar-refractivity contribution in [1.29, 1.82) is 0 Å². The number of benzene rings is 2. The standard InChI is InChI=1S/C20H20N2O3/c1-15(13-16-5-3-2-4-6-16)21-14-19-11-12-20(25-19)17-7-9-18(10-8-17)22(23)24/h2-12,15,21H,13-14H2,1H3/t15-/m0/s1. The Bertz CT molecular complexity index is 826. The highest BCUT2D eigenvalue weighted by atomic mass is 16.6. The molecule has 0 bridgehead atoms. The van der Waals surface area contributed by atoms with E-state index in [-0.39, 0.29) is 5.69 Å². The summed E-state index contributed by atoms with van der Waals surface area (Å²) in [5.74, 6) is 1.55. The fourth-order valence-electron chi connectivity index (χ4n) is 2.69. The minimum atomic E-state index is -0.407. The van der Waals surface area contributed by atoms with Crippen molar-refractivity contribution >= 4 is 5.69 Å². The first-order chi connectivity index (χ1) is 12.1. The van der Waals surface area contributed by atoms with Crippen LogP contribution in [0.15, 0.2) is 71.1 Å². The van der Waals surface area contributed by atoms with Crippen molar-refractivity contribution in [3.8, 4) is 11.3 Å². The van der Waals surface area contributed by atoms with Crippen molar-refractivity contribution < 1.29 is 9.34 Å². The summed E-state index contributed by atoms with van der Waals surface area (Å²) < 4.78 is 5.84. The first-order valence-corrected chi connectivity index (χ1v) is 8.22. The zero-order valence-electron chi connectivity index (χ0n) is 14.0. The van der Waals surface area contributed by atoms with Crippen molar-refractivity contribution in [3.63, 3.8) is 0 Å². The maximum absolute atomic E-state index is 10.7. The minimum Gasteiger partial charge on any atom is -0.460 e. The predicted molar refractivity (Wildman–Crippen MR) is 97.2 cm³/mol. The van der Waals surface area contributed by atoms with E-state index < -0.39 is 4.92 Å². The Hall–Kier alpha value is -2.92. The normalized spacial score (nSPS) is 12.0. The van der Waals surface area contributed by atoms with Crippen molar-refractivity contribution in [2.24, 2.45) is 0 Å². The summed E-state index contributed by atoms with van der Waals surface area (Å²) in [4.78, 5) is 10.3. The van der Waals surface area contributed by atoms with Gasteiger partial charge in [-0.25, -0.2) is 0 Å². The number of nitro benzene ring substituents is 1. The zero-order chi connectivity index (χ0) is 17.6. The van der Waals surface area contributed by atoms with Crippen LogP contribution in [0.3, 0.4) is 0 Å². The predicted octanol–water partition coefficient (Wildman–Crippen LogP) is 4.58. The van der Waals surface area contributed by atoms with E-state index in [2.05, 4.69) is 24.4 Å². The Labute approximate surface area is 146 Å². The van der Waals surface area contributed by atoms with Crippen LogP contribution in [0.4, 0.5) is 5.69 Å². The molecule has 1 N–H and O–H groups in total. The van der Waals surface area contributed by atoms with E-state index in [4.69, 9.17) is 4.42 Å². The molecule has 0 unspecified atom stereocenters. The van der Waals surface area contributed by atoms with E-state index in [1.165, 1.54) is 17.7 Å². The molecule has 0 aliphatic heterocycles. The van der Waals surface area contributed by atoms with Crippen molar-refractivity contribution in [1.82, 2.24) is 5.32 Å². The third-order valence-corrected chi connectivity index (χ3v) is 4.03. The molecule has 3 rings (SSSR count). The minimum absolute atomic E-state index is 0.0759. The number of nitro groups is 1. The maximum Gasteiger partial charge on any atom is 0.269 e. The highest BCUT2D eigenvalue weighted by molar-refractivity contribution is 5.59. The van der Waals surface area contributed by atoms with Crippen LogP contribution in [0, 0.1) is 10.1 Å². The third-order valence-electron chi connectivity index (χ3n) is 4.03. The van der Waals surface area contributed by atoms with Gasteiger partial charge < -0.3 is 9.73 Å². The summed E-state index contributed by atoms with van der Waals surface area (Å²) in [5.41, 5.74) is 2.20. The number of non-ortho nitro benzene ring substituents is 1. The van der Waals surface area contributed by atoms with Gasteiger partial charge in [-0.3, -0.25) is 10.1 Å². The van der Waals surface area contributed by atoms with Gasteiger partial charge >= 0.3 is 0 Å². The van der Waals surface area contributed by atoms with E-state index in [0.717, 1.165) is 17.7 Å². The van der Waals surface area contributed by atoms with Crippen molar-refractivity contribution in [2.75, 3.05) is 0 Å². The van der Waals surface area contributed by atoms with Crippen molar-refractivity contribution in [2.45, 2.75) is 25.9 Å². The number of rotatable bonds is 7. The van der Waals surface area contributed by atoms with E-state index >= 15 is 0 Å². The number of furan rings is 1. The van der Waals surface area contributed by atoms with Gasteiger partial charge in [0.15, 0.2) is 0 Å². The topological polar surface area (TPSA) is 68.3 Å². The van der Waals surface area contributed by atoms with Gasteiger partial charge in [0.2, 0.25) is 0 Å². The van der Waals surface area contributed by atoms with Gasteiger partial charge in [0, 0.05) is 23.7 Å². The molecule has 1 aromatic heterocycles. The molecule has 0 saturated heterocycles. The highest BCUT2D eigenvalue weighted by Crippen LogP contribution is 2.24. The van der Waals surface area contributed by atoms with Crippen LogP contribution in [0.1, 0.15) is 18.2 Å². The Balaban J connectivity index is 1.57. The molecule has 0 fully saturated rings. The van der Waals surface area contributed by atoms with Crippen LogP contribution in [0.2, 0.25) is 0 Å². The molecule has 0 aliphatic rings. The van der Waals surface area contributed by atoms with Gasteiger partial charge in [0.1, 0.15) is 11.5 Å². The summed E-state index contributed by atoms with van der Waals surface area (Å²) in [7, 11) is 0. The van der Waals surface area contributed by atoms with Crippen LogP contribution in [0.25, 0.3) is 11.3 Å². The average Bonchev–Trinajstić information content (AvgIpc) is 3.10. The van der Waals surface area contributed by atoms with Crippen LogP contribution < -0.4 is 5.32 Å². The number of hydrogen-bond donors (Lipinski definition) is 1. The second-order valence-electron chi connectivity index (χ2n) is 6.04. The summed E-state index contributed by atoms with van der Waals surface area (Å²) >= 11 is 0. The monoisotopic (exact) mass is 336 g/mol. The Morgan fingerprint density at radius 1 is 1.04 bits per heavy atom. The summed E-state index contributed by atoms with van der Waals surface area (Å²) in [5, 5.41) is 14.2. The molecule has 0 spiro atoms. The first kappa shape index (κ1) is 16.9. The lowest BCUT2D eigenvalue weighted by Crippen LogP contribution is -2.27. The number of hydrogen-bond acceptors (Lipinski definition) is 4. The Morgan fingerprint density at radius 2 is 1.76 bits per heavy atom. The van der Waals surface area contributed by atoms with Crippen LogP contribution >= 0.6 is 0 Å². The van der Waals surface area contributed by atoms with Gasteiger partial charge in [-0.15, -0.1) is 0 Å². The Morgan fingerprint density at radius 3 is 2.44 bits per heavy atom. The van der Waals surface area contributed by atoms with Gasteiger partial charge in [-0.2, -0.15) is 0 Å². The van der Waals surface area contributed by atoms with E-state index in [9.17, 15) is 10.1 Å². The quantitative estimate of drug-likeness (QED) is 0.507. The molecule has 0 aliphatic carbocycles. The fraction of sp³-hybridized carbons (Fsp3) is 0.200. The Kier molecular flexibility index (Phi) is 5.26. The molecular formula is C20H20N2O3. The summed E-state index contributed by atoms with van der Waals surface area (Å²) in [6, 6.07) is 20.9. The van der Waals surface area contributed by atoms with E-state index in [1.807, 2.05) is 30.3 Å². The lowest BCUT2D eigenvalue weighted by molar-refractivity contribution is -0.384. The molecule has 0 radical (unpaired) electrons. The SMILES string of the molecule is C[C@@H](Cc1ccccc1)NCc1ccc(-c2ccc([N+](=O)[O-])cc2)o1. The first-order valence-electron chi connectivity index (χ1n) is 8.22. The second-order valence-corrected chi connectivity index (χ2v) is 6.04. The maximum atomic E-state index is 10.7. The summed E-state index contributed by atoms with van der Waals surface area (Å²) in [6.45, 7) is 2.79. The van der Waals surface area contributed by atoms with E-state index in [0.29, 0.717) is 18.3 Å². The second kappa shape index (κ2) is 7.77. The lowest BCUT2D eigenvalue weighted by Gasteiger charge is -2.12. The van der Waals surface area contributed by atoms with Gasteiger partial charge in [0.05, 0.1) is 11.5 Å². The van der Waals surface area contributed by atoms with Crippen LogP contribution in [-0.4, -0.2) is 11.0 Å². The molecule has 0 amide bonds. The fourth-order valence-corrected chi connectivity index (χ4v) is 2.69. The molecule has 2 aromatic carbocycles. The lowest BCUT2D eigenvalue weighted by atomic mass is 10.1. The van der Waals surface area contributed by atoms with Gasteiger partial charge in [-0.05, 0) is 43.2 Å². The van der Waals surface area contributed by atoms with E-state index in [1.54, 1.807) is 12.1 Å². The molecule has 1 heterocycles. The van der Waals surface area contributed by atoms with Gasteiger partial charge in [-0.1, -0.05) is 30.3 Å². The average molecular weight is 336 g/mol. The van der Waals surface area contributed by atoms with Gasteiger partial charge in [0.25, 0.3) is 5.69 Å². The molecule has 3 aromatic rings. The molecule has 5 heteroatoms.